The molecule has 0 saturated carbocycles. The van der Waals surface area contributed by atoms with Gasteiger partial charge in [-0.1, -0.05) is 19.1 Å². The van der Waals surface area contributed by atoms with Crippen LogP contribution in [0.2, 0.25) is 0 Å². The molecule has 0 aliphatic carbocycles. The van der Waals surface area contributed by atoms with Crippen molar-refractivity contribution in [2.45, 2.75) is 26.3 Å². The second-order valence-corrected chi connectivity index (χ2v) is 5.33. The number of carbonyl (C=O) groups is 1. The number of hydrogen-bond acceptors (Lipinski definition) is 3. The molecule has 110 valence electrons. The summed E-state index contributed by atoms with van der Waals surface area (Å²) in [5.41, 5.74) is -0.142. The van der Waals surface area contributed by atoms with Crippen molar-refractivity contribution in [3.05, 3.63) is 29.6 Å². The average Bonchev–Trinajstić information content (AvgIpc) is 2.86. The second kappa shape index (κ2) is 5.79. The van der Waals surface area contributed by atoms with E-state index in [-0.39, 0.29) is 11.6 Å². The number of carboxylic acid groups (broad SMARTS) is 1. The molecular formula is C15H20FNO3. The topological polar surface area (TPSA) is 49.8 Å². The fourth-order valence-corrected chi connectivity index (χ4v) is 2.78. The molecule has 20 heavy (non-hydrogen) atoms. The first-order valence-electron chi connectivity index (χ1n) is 6.79. The number of nitrogens with zero attached hydrogens (tertiary/aromatic N) is 1. The molecular weight excluding hydrogens is 261 g/mol. The maximum atomic E-state index is 14.1. The van der Waals surface area contributed by atoms with Gasteiger partial charge in [-0.15, -0.1) is 0 Å². The van der Waals surface area contributed by atoms with E-state index in [1.165, 1.54) is 7.11 Å². The molecule has 0 amide bonds. The van der Waals surface area contributed by atoms with Crippen molar-refractivity contribution in [2.24, 2.45) is 5.41 Å². The van der Waals surface area contributed by atoms with Crippen LogP contribution in [0, 0.1) is 11.2 Å². The molecule has 1 aliphatic rings. The summed E-state index contributed by atoms with van der Waals surface area (Å²) in [4.78, 5) is 13.4. The van der Waals surface area contributed by atoms with Crippen LogP contribution in [-0.4, -0.2) is 36.2 Å². The summed E-state index contributed by atoms with van der Waals surface area (Å²) in [6, 6.07) is 5.04. The predicted molar refractivity (Wildman–Crippen MR) is 73.2 cm³/mol. The predicted octanol–water partition coefficient (Wildman–Crippen LogP) is 2.52. The Morgan fingerprint density at radius 2 is 2.30 bits per heavy atom. The summed E-state index contributed by atoms with van der Waals surface area (Å²) < 4.78 is 19.1. The van der Waals surface area contributed by atoms with Crippen LogP contribution < -0.4 is 4.74 Å². The Morgan fingerprint density at radius 1 is 1.55 bits per heavy atom. The van der Waals surface area contributed by atoms with Crippen LogP contribution in [0.4, 0.5) is 4.39 Å². The van der Waals surface area contributed by atoms with Crippen molar-refractivity contribution in [1.82, 2.24) is 4.90 Å². The molecule has 0 spiro atoms. The first-order chi connectivity index (χ1) is 9.52. The maximum absolute atomic E-state index is 14.1. The van der Waals surface area contributed by atoms with Gasteiger partial charge in [0.15, 0.2) is 11.6 Å². The number of hydrogen-bond donors (Lipinski definition) is 1. The number of likely N-dealkylation sites (tertiary alicyclic amines) is 1. The lowest BCUT2D eigenvalue weighted by atomic mass is 9.84. The zero-order valence-corrected chi connectivity index (χ0v) is 11.9. The Balaban J connectivity index is 2.11. The smallest absolute Gasteiger partial charge is 0.310 e. The lowest BCUT2D eigenvalue weighted by Crippen LogP contribution is -2.34. The average molecular weight is 281 g/mol. The SMILES string of the molecule is CCC1(C(=O)O)CCN(Cc2cccc(OC)c2F)C1. The summed E-state index contributed by atoms with van der Waals surface area (Å²) >= 11 is 0. The highest BCUT2D eigenvalue weighted by Crippen LogP contribution is 2.35. The molecule has 2 rings (SSSR count). The van der Waals surface area contributed by atoms with Gasteiger partial charge in [-0.2, -0.15) is 0 Å². The molecule has 1 unspecified atom stereocenters. The lowest BCUT2D eigenvalue weighted by Gasteiger charge is -2.23. The number of carboxylic acids is 1. The second-order valence-electron chi connectivity index (χ2n) is 5.33. The van der Waals surface area contributed by atoms with E-state index in [2.05, 4.69) is 0 Å². The van der Waals surface area contributed by atoms with Crippen molar-refractivity contribution in [1.29, 1.82) is 0 Å². The first kappa shape index (κ1) is 14.8. The van der Waals surface area contributed by atoms with Crippen molar-refractivity contribution in [3.63, 3.8) is 0 Å². The normalized spacial score (nSPS) is 22.9. The molecule has 1 saturated heterocycles. The standard InChI is InChI=1S/C15H20FNO3/c1-3-15(14(18)19)7-8-17(10-15)9-11-5-4-6-12(20-2)13(11)16/h4-6H,3,7-10H2,1-2H3,(H,18,19). The number of ether oxygens (including phenoxy) is 1. The molecule has 1 fully saturated rings. The third-order valence-corrected chi connectivity index (χ3v) is 4.22. The molecule has 0 bridgehead atoms. The highest BCUT2D eigenvalue weighted by Gasteiger charge is 2.43. The van der Waals surface area contributed by atoms with E-state index in [0.29, 0.717) is 38.0 Å². The summed E-state index contributed by atoms with van der Waals surface area (Å²) in [5, 5.41) is 9.36. The Hall–Kier alpha value is -1.62. The van der Waals surface area contributed by atoms with E-state index in [1.807, 2.05) is 11.8 Å². The van der Waals surface area contributed by atoms with Gasteiger partial charge in [-0.05, 0) is 25.5 Å². The van der Waals surface area contributed by atoms with E-state index in [1.54, 1.807) is 18.2 Å². The first-order valence-corrected chi connectivity index (χ1v) is 6.79. The van der Waals surface area contributed by atoms with E-state index in [4.69, 9.17) is 4.74 Å². The van der Waals surface area contributed by atoms with Crippen molar-refractivity contribution in [2.75, 3.05) is 20.2 Å². The van der Waals surface area contributed by atoms with Crippen LogP contribution in [0.3, 0.4) is 0 Å². The van der Waals surface area contributed by atoms with Gasteiger partial charge in [0.25, 0.3) is 0 Å². The van der Waals surface area contributed by atoms with Gasteiger partial charge < -0.3 is 9.84 Å². The molecule has 0 radical (unpaired) electrons. The molecule has 1 atom stereocenters. The monoisotopic (exact) mass is 281 g/mol. The van der Waals surface area contributed by atoms with Crippen molar-refractivity contribution < 1.29 is 19.0 Å². The number of halogens is 1. The number of rotatable bonds is 5. The van der Waals surface area contributed by atoms with Gasteiger partial charge in [0.1, 0.15) is 0 Å². The van der Waals surface area contributed by atoms with Gasteiger partial charge >= 0.3 is 5.97 Å². The van der Waals surface area contributed by atoms with Crippen molar-refractivity contribution >= 4 is 5.97 Å². The zero-order chi connectivity index (χ0) is 14.8. The Morgan fingerprint density at radius 3 is 2.85 bits per heavy atom. The molecule has 4 nitrogen and oxygen atoms in total. The highest BCUT2D eigenvalue weighted by molar-refractivity contribution is 5.75. The minimum Gasteiger partial charge on any atom is -0.494 e. The Bertz CT molecular complexity index is 506. The molecule has 1 N–H and O–H groups in total. The van der Waals surface area contributed by atoms with Crippen LogP contribution in [0.5, 0.6) is 5.75 Å². The van der Waals surface area contributed by atoms with Gasteiger partial charge in [0.05, 0.1) is 12.5 Å². The number of benzene rings is 1. The lowest BCUT2D eigenvalue weighted by molar-refractivity contribution is -0.148. The van der Waals surface area contributed by atoms with Crippen LogP contribution in [-0.2, 0) is 11.3 Å². The van der Waals surface area contributed by atoms with Crippen LogP contribution >= 0.6 is 0 Å². The largest absolute Gasteiger partial charge is 0.494 e. The van der Waals surface area contributed by atoms with Gasteiger partial charge in [-0.3, -0.25) is 9.69 Å². The molecule has 1 heterocycles. The van der Waals surface area contributed by atoms with E-state index >= 15 is 0 Å². The fraction of sp³-hybridized carbons (Fsp3) is 0.533. The molecule has 1 aromatic carbocycles. The summed E-state index contributed by atoms with van der Waals surface area (Å²) in [5.74, 6) is -0.894. The van der Waals surface area contributed by atoms with E-state index < -0.39 is 11.4 Å². The summed E-state index contributed by atoms with van der Waals surface area (Å²) in [6.45, 7) is 3.45. The third kappa shape index (κ3) is 2.63. The molecule has 5 heteroatoms. The third-order valence-electron chi connectivity index (χ3n) is 4.22. The van der Waals surface area contributed by atoms with Gasteiger partial charge in [-0.25, -0.2) is 4.39 Å². The summed E-state index contributed by atoms with van der Waals surface area (Å²) in [7, 11) is 1.44. The fourth-order valence-electron chi connectivity index (χ4n) is 2.78. The van der Waals surface area contributed by atoms with E-state index in [9.17, 15) is 14.3 Å². The molecule has 1 aliphatic heterocycles. The zero-order valence-electron chi connectivity index (χ0n) is 11.9. The molecule has 0 aromatic heterocycles. The highest BCUT2D eigenvalue weighted by atomic mass is 19.1. The number of aliphatic carboxylic acids is 1. The van der Waals surface area contributed by atoms with Crippen LogP contribution in [0.25, 0.3) is 0 Å². The van der Waals surface area contributed by atoms with Gasteiger partial charge in [0, 0.05) is 18.7 Å². The Labute approximate surface area is 118 Å². The van der Waals surface area contributed by atoms with Crippen LogP contribution in [0.1, 0.15) is 25.3 Å². The van der Waals surface area contributed by atoms with Crippen molar-refractivity contribution in [3.8, 4) is 5.75 Å². The minimum atomic E-state index is -0.756. The van der Waals surface area contributed by atoms with E-state index in [0.717, 1.165) is 0 Å². The quantitative estimate of drug-likeness (QED) is 0.901. The summed E-state index contributed by atoms with van der Waals surface area (Å²) in [6.07, 6.45) is 1.21. The Kier molecular flexibility index (Phi) is 4.28. The van der Waals surface area contributed by atoms with Gasteiger partial charge in [0.2, 0.25) is 0 Å². The minimum absolute atomic E-state index is 0.224. The molecule has 1 aromatic rings. The number of methoxy groups -OCH3 is 1. The maximum Gasteiger partial charge on any atom is 0.310 e. The van der Waals surface area contributed by atoms with Crippen LogP contribution in [0.15, 0.2) is 18.2 Å².